The number of carbonyl (C=O) groups excluding carboxylic acids is 4. The van der Waals surface area contributed by atoms with Crippen molar-refractivity contribution in [3.63, 3.8) is 0 Å². The third-order valence-corrected chi connectivity index (χ3v) is 14.4. The van der Waals surface area contributed by atoms with Crippen molar-refractivity contribution in [1.29, 1.82) is 0 Å². The van der Waals surface area contributed by atoms with Gasteiger partial charge in [-0.15, -0.1) is 23.5 Å². The first-order chi connectivity index (χ1) is 30.6. The lowest BCUT2D eigenvalue weighted by Gasteiger charge is -2.43. The minimum atomic E-state index is -1.01. The number of carboxylic acid groups (broad SMARTS) is 2. The third kappa shape index (κ3) is 12.6. The molecule has 4 fully saturated rings. The summed E-state index contributed by atoms with van der Waals surface area (Å²) in [6.45, 7) is 11.1. The van der Waals surface area contributed by atoms with Gasteiger partial charge < -0.3 is 46.8 Å². The van der Waals surface area contributed by atoms with Crippen molar-refractivity contribution in [2.24, 2.45) is 0 Å². The second-order valence-electron chi connectivity index (χ2n) is 16.9. The van der Waals surface area contributed by atoms with Crippen LogP contribution >= 0.6 is 23.5 Å². The topological polar surface area (TPSA) is 229 Å². The molecule has 0 saturated carbocycles. The lowest BCUT2D eigenvalue weighted by molar-refractivity contribution is -0.161. The number of benzene rings is 4. The van der Waals surface area contributed by atoms with Crippen LogP contribution < -0.4 is 21.3 Å². The van der Waals surface area contributed by atoms with Gasteiger partial charge >= 0.3 is 11.9 Å². The SMILES string of the molecule is CC1(C)SC2C(NC(=O)Cc3ccccc3)C(=O)N2C1C(=O)O.CC1(C)SC2C(NC(=O)Cc3ccccc3)C(=O)N2C1C(=O)O.O.c1ccc(CNCCNCc2ccccc2)cc1. The highest BCUT2D eigenvalue weighted by atomic mass is 32.2. The van der Waals surface area contributed by atoms with Crippen LogP contribution in [0.3, 0.4) is 0 Å². The summed E-state index contributed by atoms with van der Waals surface area (Å²) in [6, 6.07) is 36.5. The second kappa shape index (κ2) is 22.5. The first kappa shape index (κ1) is 50.3. The number of carboxylic acids is 2. The quantitative estimate of drug-likeness (QED) is 0.0745. The van der Waals surface area contributed by atoms with E-state index in [1.807, 2.05) is 100 Å². The molecular formula is C48H58N6O9S2. The van der Waals surface area contributed by atoms with Crippen LogP contribution in [-0.2, 0) is 54.7 Å². The van der Waals surface area contributed by atoms with Crippen LogP contribution in [0.5, 0.6) is 0 Å². The Morgan fingerprint density at radius 2 is 0.815 bits per heavy atom. The number of rotatable bonds is 15. The van der Waals surface area contributed by atoms with Gasteiger partial charge in [0.15, 0.2) is 0 Å². The molecule has 0 radical (unpaired) electrons. The van der Waals surface area contributed by atoms with Crippen LogP contribution in [0, 0.1) is 0 Å². The molecule has 4 aromatic carbocycles. The Hall–Kier alpha value is -5.72. The number of nitrogens with one attached hydrogen (secondary N) is 4. The molecule has 0 bridgehead atoms. The number of carbonyl (C=O) groups is 6. The van der Waals surface area contributed by atoms with Crippen LogP contribution in [0.2, 0.25) is 0 Å². The molecule has 8 rings (SSSR count). The number of aliphatic carboxylic acids is 2. The van der Waals surface area contributed by atoms with E-state index in [-0.39, 0.29) is 52.7 Å². The van der Waals surface area contributed by atoms with Crippen LogP contribution in [0.4, 0.5) is 0 Å². The maximum atomic E-state index is 12.3. The number of β-lactam (4-membered cyclic amide) rings is 2. The van der Waals surface area contributed by atoms with E-state index in [2.05, 4.69) is 69.8 Å². The molecule has 8 N–H and O–H groups in total. The normalized spacial score (nSPS) is 22.7. The molecule has 15 nitrogen and oxygen atoms in total. The van der Waals surface area contributed by atoms with Gasteiger partial charge in [0.25, 0.3) is 0 Å². The summed E-state index contributed by atoms with van der Waals surface area (Å²) in [6.07, 6.45) is 0.404. The van der Waals surface area contributed by atoms with Crippen molar-refractivity contribution < 1.29 is 44.5 Å². The minimum absolute atomic E-state index is 0. The zero-order chi connectivity index (χ0) is 46.0. The van der Waals surface area contributed by atoms with Gasteiger partial charge in [-0.05, 0) is 49.9 Å². The molecular weight excluding hydrogens is 869 g/mol. The van der Waals surface area contributed by atoms with Crippen LogP contribution in [-0.4, -0.2) is 119 Å². The van der Waals surface area contributed by atoms with Gasteiger partial charge in [0.1, 0.15) is 34.9 Å². The minimum Gasteiger partial charge on any atom is -0.480 e. The Morgan fingerprint density at radius 3 is 1.11 bits per heavy atom. The highest BCUT2D eigenvalue weighted by Crippen LogP contribution is 2.51. The molecule has 6 atom stereocenters. The standard InChI is InChI=1S/2C16H18N2O4S.C16H20N2.H2O/c2*1-16(2)12(15(21)22)18-13(20)11(14(18)23-16)17-10(19)8-9-6-4-3-5-7-9;1-3-7-15(8-4-1)13-17-11-12-18-14-16-9-5-2-6-10-16;/h2*3-7,11-12,14H,8H2,1-2H3,(H,17,19)(H,21,22);1-10,17-18H,11-14H2;1H2. The average molecular weight is 927 g/mol. The lowest BCUT2D eigenvalue weighted by atomic mass is 9.96. The number of fused-ring (bicyclic) bond motifs is 2. The van der Waals surface area contributed by atoms with Crippen molar-refractivity contribution in [1.82, 2.24) is 31.1 Å². The van der Waals surface area contributed by atoms with Gasteiger partial charge in [0.05, 0.1) is 12.8 Å². The van der Waals surface area contributed by atoms with E-state index in [1.165, 1.54) is 44.5 Å². The van der Waals surface area contributed by atoms with E-state index < -0.39 is 45.6 Å². The predicted octanol–water partition coefficient (Wildman–Crippen LogP) is 3.46. The monoisotopic (exact) mass is 926 g/mol. The first-order valence-electron chi connectivity index (χ1n) is 21.2. The lowest BCUT2D eigenvalue weighted by Crippen LogP contribution is -2.70. The van der Waals surface area contributed by atoms with E-state index in [9.17, 15) is 39.0 Å². The molecule has 4 saturated heterocycles. The molecule has 4 aliphatic heterocycles. The largest absolute Gasteiger partial charge is 0.480 e. The van der Waals surface area contributed by atoms with Crippen molar-refractivity contribution in [3.05, 3.63) is 144 Å². The number of hydrogen-bond donors (Lipinski definition) is 6. The smallest absolute Gasteiger partial charge is 0.327 e. The van der Waals surface area contributed by atoms with Gasteiger partial charge in [-0.25, -0.2) is 9.59 Å². The third-order valence-electron chi connectivity index (χ3n) is 11.2. The predicted molar refractivity (Wildman–Crippen MR) is 252 cm³/mol. The molecule has 4 heterocycles. The van der Waals surface area contributed by atoms with Crippen LogP contribution in [0.15, 0.2) is 121 Å². The van der Waals surface area contributed by atoms with E-state index >= 15 is 0 Å². The van der Waals surface area contributed by atoms with E-state index in [0.29, 0.717) is 0 Å². The molecule has 0 aliphatic carbocycles. The average Bonchev–Trinajstić information content (AvgIpc) is 3.69. The Bertz CT molecular complexity index is 2100. The van der Waals surface area contributed by atoms with Crippen LogP contribution in [0.25, 0.3) is 0 Å². The summed E-state index contributed by atoms with van der Waals surface area (Å²) in [5, 5.41) is 30.4. The summed E-state index contributed by atoms with van der Waals surface area (Å²) >= 11 is 2.85. The zero-order valence-corrected chi connectivity index (χ0v) is 38.4. The molecule has 6 unspecified atom stereocenters. The highest BCUT2D eigenvalue weighted by Gasteiger charge is 2.65. The molecule has 4 aromatic rings. The molecule has 0 aromatic heterocycles. The molecule has 0 spiro atoms. The summed E-state index contributed by atoms with van der Waals surface area (Å²) < 4.78 is -1.16. The van der Waals surface area contributed by atoms with Gasteiger partial charge in [0, 0.05) is 35.7 Å². The fraction of sp³-hybridized carbons (Fsp3) is 0.375. The molecule has 65 heavy (non-hydrogen) atoms. The van der Waals surface area contributed by atoms with E-state index in [1.54, 1.807) is 0 Å². The number of amides is 4. The molecule has 346 valence electrons. The zero-order valence-electron chi connectivity index (χ0n) is 36.8. The highest BCUT2D eigenvalue weighted by molar-refractivity contribution is 8.02. The molecule has 17 heteroatoms. The summed E-state index contributed by atoms with van der Waals surface area (Å²) in [5.41, 5.74) is 4.41. The van der Waals surface area contributed by atoms with Gasteiger partial charge in [-0.3, -0.25) is 19.2 Å². The Kier molecular flexibility index (Phi) is 17.4. The van der Waals surface area contributed by atoms with E-state index in [4.69, 9.17) is 0 Å². The maximum Gasteiger partial charge on any atom is 0.327 e. The summed E-state index contributed by atoms with van der Waals surface area (Å²) in [4.78, 5) is 74.4. The Morgan fingerprint density at radius 1 is 0.523 bits per heavy atom. The van der Waals surface area contributed by atoms with Crippen molar-refractivity contribution in [2.45, 2.75) is 98.0 Å². The Balaban J connectivity index is 0.000000183. The number of hydrogen-bond acceptors (Lipinski definition) is 10. The second-order valence-corrected chi connectivity index (χ2v) is 20.5. The van der Waals surface area contributed by atoms with Crippen molar-refractivity contribution in [2.75, 3.05) is 13.1 Å². The van der Waals surface area contributed by atoms with Crippen molar-refractivity contribution in [3.8, 4) is 0 Å². The molecule has 4 aliphatic rings. The fourth-order valence-electron chi connectivity index (χ4n) is 8.14. The number of thioether (sulfide) groups is 2. The van der Waals surface area contributed by atoms with Crippen molar-refractivity contribution >= 4 is 59.1 Å². The number of nitrogens with zero attached hydrogens (tertiary/aromatic N) is 2. The van der Waals surface area contributed by atoms with Gasteiger partial charge in [0.2, 0.25) is 23.6 Å². The Labute approximate surface area is 387 Å². The van der Waals surface area contributed by atoms with Crippen LogP contribution in [0.1, 0.15) is 49.9 Å². The fourth-order valence-corrected chi connectivity index (χ4v) is 11.4. The molecule has 4 amide bonds. The summed E-state index contributed by atoms with van der Waals surface area (Å²) in [5.74, 6) is -3.11. The first-order valence-corrected chi connectivity index (χ1v) is 22.9. The van der Waals surface area contributed by atoms with Gasteiger partial charge in [-0.2, -0.15) is 0 Å². The maximum absolute atomic E-state index is 12.3. The van der Waals surface area contributed by atoms with E-state index in [0.717, 1.165) is 37.3 Å². The summed E-state index contributed by atoms with van der Waals surface area (Å²) in [7, 11) is 0. The van der Waals surface area contributed by atoms with Gasteiger partial charge in [-0.1, -0.05) is 121 Å².